The van der Waals surface area contributed by atoms with Crippen molar-refractivity contribution in [2.45, 2.75) is 33.0 Å². The molecule has 3 nitrogen and oxygen atoms in total. The maximum atomic E-state index is 3.46. The Morgan fingerprint density at radius 1 is 1.05 bits per heavy atom. The number of nitrogens with zero attached hydrogens (tertiary/aromatic N) is 2. The minimum absolute atomic E-state index is 0.534. The summed E-state index contributed by atoms with van der Waals surface area (Å²) in [5, 5.41) is 3.46. The van der Waals surface area contributed by atoms with Gasteiger partial charge in [0.25, 0.3) is 0 Å². The lowest BCUT2D eigenvalue weighted by Crippen LogP contribution is -2.28. The molecule has 108 valence electrons. The minimum atomic E-state index is 0.534. The van der Waals surface area contributed by atoms with Crippen LogP contribution in [0.5, 0.6) is 0 Å². The Bertz CT molecular complexity index is 361. The molecule has 0 fully saturated rings. The van der Waals surface area contributed by atoms with Crippen LogP contribution in [0.4, 0.5) is 0 Å². The van der Waals surface area contributed by atoms with E-state index in [4.69, 9.17) is 0 Å². The topological polar surface area (TPSA) is 18.5 Å². The van der Waals surface area contributed by atoms with E-state index >= 15 is 0 Å². The van der Waals surface area contributed by atoms with Crippen molar-refractivity contribution in [2.75, 3.05) is 34.2 Å². The summed E-state index contributed by atoms with van der Waals surface area (Å²) in [4.78, 5) is 4.59. The third kappa shape index (κ3) is 7.31. The van der Waals surface area contributed by atoms with Crippen LogP contribution in [0.2, 0.25) is 0 Å². The molecule has 3 heteroatoms. The molecule has 0 bridgehead atoms. The maximum absolute atomic E-state index is 3.46. The molecule has 1 aromatic rings. The van der Waals surface area contributed by atoms with Gasteiger partial charge in [0.15, 0.2) is 0 Å². The van der Waals surface area contributed by atoms with Crippen molar-refractivity contribution in [1.29, 1.82) is 0 Å². The Morgan fingerprint density at radius 2 is 1.74 bits per heavy atom. The summed E-state index contributed by atoms with van der Waals surface area (Å²) in [6, 6.07) is 9.41. The van der Waals surface area contributed by atoms with Crippen LogP contribution in [-0.4, -0.2) is 50.1 Å². The molecule has 0 aliphatic rings. The fraction of sp³-hybridized carbons (Fsp3) is 0.625. The molecule has 1 aromatic carbocycles. The van der Waals surface area contributed by atoms with E-state index in [2.05, 4.69) is 74.4 Å². The molecule has 0 aliphatic carbocycles. The predicted molar refractivity (Wildman–Crippen MR) is 83.3 cm³/mol. The van der Waals surface area contributed by atoms with Crippen molar-refractivity contribution in [3.05, 3.63) is 35.4 Å². The molecule has 1 N–H and O–H groups in total. The van der Waals surface area contributed by atoms with Crippen LogP contribution in [0.25, 0.3) is 0 Å². The van der Waals surface area contributed by atoms with E-state index in [0.29, 0.717) is 6.04 Å². The van der Waals surface area contributed by atoms with Gasteiger partial charge in [-0.15, -0.1) is 0 Å². The number of hydrogen-bond donors (Lipinski definition) is 1. The zero-order chi connectivity index (χ0) is 14.3. The van der Waals surface area contributed by atoms with Crippen LogP contribution in [0.1, 0.15) is 25.0 Å². The van der Waals surface area contributed by atoms with Gasteiger partial charge in [-0.25, -0.2) is 0 Å². The van der Waals surface area contributed by atoms with Gasteiger partial charge < -0.3 is 15.1 Å². The fourth-order valence-corrected chi connectivity index (χ4v) is 1.92. The summed E-state index contributed by atoms with van der Waals surface area (Å²) in [5.41, 5.74) is 2.76. The van der Waals surface area contributed by atoms with Crippen LogP contribution in [-0.2, 0) is 13.1 Å². The lowest BCUT2D eigenvalue weighted by molar-refractivity contribution is 0.276. The van der Waals surface area contributed by atoms with Crippen LogP contribution >= 0.6 is 0 Å². The molecule has 0 spiro atoms. The van der Waals surface area contributed by atoms with Crippen LogP contribution in [0.15, 0.2) is 24.3 Å². The van der Waals surface area contributed by atoms with E-state index < -0.39 is 0 Å². The quantitative estimate of drug-likeness (QED) is 0.775. The van der Waals surface area contributed by atoms with Gasteiger partial charge in [0.2, 0.25) is 0 Å². The first kappa shape index (κ1) is 16.2. The first-order chi connectivity index (χ1) is 8.97. The van der Waals surface area contributed by atoms with Crippen molar-refractivity contribution in [3.8, 4) is 0 Å². The Labute approximate surface area is 118 Å². The molecule has 0 saturated carbocycles. The molecule has 0 amide bonds. The lowest BCUT2D eigenvalue weighted by Gasteiger charge is -2.19. The summed E-state index contributed by atoms with van der Waals surface area (Å²) in [5.74, 6) is 0. The second kappa shape index (κ2) is 8.31. The Hall–Kier alpha value is -0.900. The van der Waals surface area contributed by atoms with Gasteiger partial charge >= 0.3 is 0 Å². The van der Waals surface area contributed by atoms with Gasteiger partial charge in [-0.1, -0.05) is 38.1 Å². The number of benzene rings is 1. The summed E-state index contributed by atoms with van der Waals surface area (Å²) < 4.78 is 0. The van der Waals surface area contributed by atoms with E-state index in [-0.39, 0.29) is 0 Å². The molecular formula is C16H29N3. The molecular weight excluding hydrogens is 234 g/mol. The summed E-state index contributed by atoms with van der Waals surface area (Å²) in [7, 11) is 6.42. The highest BCUT2D eigenvalue weighted by Gasteiger charge is 2.02. The van der Waals surface area contributed by atoms with Gasteiger partial charge in [-0.2, -0.15) is 0 Å². The van der Waals surface area contributed by atoms with E-state index in [1.54, 1.807) is 0 Å². The minimum Gasteiger partial charge on any atom is -0.310 e. The molecule has 0 saturated heterocycles. The second-order valence-corrected chi connectivity index (χ2v) is 5.90. The number of hydrogen-bond acceptors (Lipinski definition) is 3. The van der Waals surface area contributed by atoms with Crippen molar-refractivity contribution in [3.63, 3.8) is 0 Å². The summed E-state index contributed by atoms with van der Waals surface area (Å²) in [6.07, 6.45) is 0. The van der Waals surface area contributed by atoms with Crippen LogP contribution in [0, 0.1) is 0 Å². The molecule has 0 radical (unpaired) electrons. The van der Waals surface area contributed by atoms with Gasteiger partial charge in [0.05, 0.1) is 0 Å². The maximum Gasteiger partial charge on any atom is 0.0231 e. The average Bonchev–Trinajstić information content (AvgIpc) is 2.34. The SMILES string of the molecule is CC(C)NCc1cccc(CN(C)CCN(C)C)c1. The largest absolute Gasteiger partial charge is 0.310 e. The molecule has 1 rings (SSSR count). The third-order valence-electron chi connectivity index (χ3n) is 3.09. The van der Waals surface area contributed by atoms with E-state index in [0.717, 1.165) is 26.2 Å². The third-order valence-corrected chi connectivity index (χ3v) is 3.09. The molecule has 0 unspecified atom stereocenters. The van der Waals surface area contributed by atoms with Gasteiger partial charge in [-0.3, -0.25) is 0 Å². The Balaban J connectivity index is 2.47. The number of nitrogens with one attached hydrogen (secondary N) is 1. The van der Waals surface area contributed by atoms with E-state index in [1.165, 1.54) is 11.1 Å². The van der Waals surface area contributed by atoms with Gasteiger partial charge in [0, 0.05) is 32.2 Å². The molecule has 0 heterocycles. The second-order valence-electron chi connectivity index (χ2n) is 5.90. The van der Waals surface area contributed by atoms with Crippen molar-refractivity contribution >= 4 is 0 Å². The van der Waals surface area contributed by atoms with Crippen LogP contribution < -0.4 is 5.32 Å². The normalized spacial score (nSPS) is 11.8. The predicted octanol–water partition coefficient (Wildman–Crippen LogP) is 2.18. The molecule has 0 aliphatic heterocycles. The Morgan fingerprint density at radius 3 is 2.37 bits per heavy atom. The Kier molecular flexibility index (Phi) is 7.06. The molecule has 0 atom stereocenters. The van der Waals surface area contributed by atoms with E-state index in [1.807, 2.05) is 0 Å². The first-order valence-electron chi connectivity index (χ1n) is 7.12. The van der Waals surface area contributed by atoms with E-state index in [9.17, 15) is 0 Å². The average molecular weight is 263 g/mol. The highest BCUT2D eigenvalue weighted by atomic mass is 15.1. The monoisotopic (exact) mass is 263 g/mol. The van der Waals surface area contributed by atoms with Gasteiger partial charge in [-0.05, 0) is 32.3 Å². The zero-order valence-electron chi connectivity index (χ0n) is 13.1. The number of rotatable bonds is 8. The summed E-state index contributed by atoms with van der Waals surface area (Å²) in [6.45, 7) is 8.53. The van der Waals surface area contributed by atoms with Crippen LogP contribution in [0.3, 0.4) is 0 Å². The van der Waals surface area contributed by atoms with Crippen molar-refractivity contribution < 1.29 is 0 Å². The smallest absolute Gasteiger partial charge is 0.0231 e. The van der Waals surface area contributed by atoms with Crippen molar-refractivity contribution in [2.24, 2.45) is 0 Å². The highest BCUT2D eigenvalue weighted by Crippen LogP contribution is 2.08. The molecule has 0 aromatic heterocycles. The fourth-order valence-electron chi connectivity index (χ4n) is 1.92. The van der Waals surface area contributed by atoms with Gasteiger partial charge in [0.1, 0.15) is 0 Å². The first-order valence-corrected chi connectivity index (χ1v) is 7.12. The number of likely N-dealkylation sites (N-methyl/N-ethyl adjacent to an activating group) is 2. The highest BCUT2D eigenvalue weighted by molar-refractivity contribution is 5.23. The standard InChI is InChI=1S/C16H29N3/c1-14(2)17-12-15-7-6-8-16(11-15)13-19(5)10-9-18(3)4/h6-8,11,14,17H,9-10,12-13H2,1-5H3. The lowest BCUT2D eigenvalue weighted by atomic mass is 10.1. The molecule has 19 heavy (non-hydrogen) atoms. The summed E-state index contributed by atoms with van der Waals surface area (Å²) >= 11 is 0. The van der Waals surface area contributed by atoms with Crippen molar-refractivity contribution in [1.82, 2.24) is 15.1 Å². The zero-order valence-corrected chi connectivity index (χ0v) is 13.1.